The van der Waals surface area contributed by atoms with E-state index in [1.807, 2.05) is 19.1 Å². The third-order valence-corrected chi connectivity index (χ3v) is 4.54. The third kappa shape index (κ3) is 1.98. The first kappa shape index (κ1) is 11.6. The van der Waals surface area contributed by atoms with Crippen molar-refractivity contribution in [2.45, 2.75) is 32.6 Å². The molecule has 0 unspecified atom stereocenters. The summed E-state index contributed by atoms with van der Waals surface area (Å²) in [7, 11) is 0. The molecule has 1 aliphatic heterocycles. The van der Waals surface area contributed by atoms with E-state index in [2.05, 4.69) is 11.0 Å². The molecule has 3 nitrogen and oxygen atoms in total. The summed E-state index contributed by atoms with van der Waals surface area (Å²) in [6.07, 6.45) is 5.33. The van der Waals surface area contributed by atoms with Gasteiger partial charge in [0.05, 0.1) is 5.56 Å². The average Bonchev–Trinajstić information content (AvgIpc) is 3.10. The summed E-state index contributed by atoms with van der Waals surface area (Å²) in [6.45, 7) is 4.11. The molecule has 1 amide bonds. The van der Waals surface area contributed by atoms with Crippen molar-refractivity contribution in [2.75, 3.05) is 18.0 Å². The minimum atomic E-state index is -0.319. The average molecular weight is 244 g/mol. The largest absolute Gasteiger partial charge is 0.371 e. The summed E-state index contributed by atoms with van der Waals surface area (Å²) in [4.78, 5) is 13.9. The van der Waals surface area contributed by atoms with Gasteiger partial charge in [0.1, 0.15) is 0 Å². The second-order valence-electron chi connectivity index (χ2n) is 5.87. The fourth-order valence-corrected chi connectivity index (χ4v) is 3.02. The number of carbonyl (C=O) groups is 1. The highest BCUT2D eigenvalue weighted by molar-refractivity contribution is 5.98. The van der Waals surface area contributed by atoms with Gasteiger partial charge in [-0.1, -0.05) is 11.6 Å². The zero-order chi connectivity index (χ0) is 12.8. The fraction of sp³-hybridized carbons (Fsp3) is 0.533. The van der Waals surface area contributed by atoms with Gasteiger partial charge >= 0.3 is 0 Å². The zero-order valence-corrected chi connectivity index (χ0v) is 10.9. The van der Waals surface area contributed by atoms with E-state index >= 15 is 0 Å². The summed E-state index contributed by atoms with van der Waals surface area (Å²) in [6, 6.07) is 6.00. The quantitative estimate of drug-likeness (QED) is 0.868. The van der Waals surface area contributed by atoms with Gasteiger partial charge in [-0.15, -0.1) is 0 Å². The van der Waals surface area contributed by atoms with Crippen molar-refractivity contribution in [3.8, 4) is 0 Å². The standard InChI is InChI=1S/C15H20N2O/c1-11-2-3-13(12(10-11)14(16)18)17-8-6-15(4-5-15)7-9-17/h2-3,10H,4-9H2,1H3,(H2,16,18). The molecule has 2 fully saturated rings. The van der Waals surface area contributed by atoms with Crippen molar-refractivity contribution in [3.05, 3.63) is 29.3 Å². The van der Waals surface area contributed by atoms with Crippen molar-refractivity contribution in [3.63, 3.8) is 0 Å². The summed E-state index contributed by atoms with van der Waals surface area (Å²) < 4.78 is 0. The van der Waals surface area contributed by atoms with E-state index in [9.17, 15) is 4.79 Å². The van der Waals surface area contributed by atoms with Crippen LogP contribution in [0.25, 0.3) is 0 Å². The lowest BCUT2D eigenvalue weighted by atomic mass is 9.93. The van der Waals surface area contributed by atoms with Gasteiger partial charge in [-0.3, -0.25) is 4.79 Å². The van der Waals surface area contributed by atoms with E-state index in [-0.39, 0.29) is 5.91 Å². The molecule has 18 heavy (non-hydrogen) atoms. The first-order chi connectivity index (χ1) is 8.60. The monoisotopic (exact) mass is 244 g/mol. The molecule has 1 aromatic rings. The highest BCUT2D eigenvalue weighted by atomic mass is 16.1. The maximum Gasteiger partial charge on any atom is 0.250 e. The molecule has 1 aliphatic carbocycles. The van der Waals surface area contributed by atoms with Gasteiger partial charge in [-0.05, 0) is 50.2 Å². The van der Waals surface area contributed by atoms with Crippen LogP contribution in [0.4, 0.5) is 5.69 Å². The van der Waals surface area contributed by atoms with E-state index in [1.54, 1.807) is 0 Å². The van der Waals surface area contributed by atoms with Gasteiger partial charge in [-0.2, -0.15) is 0 Å². The van der Waals surface area contributed by atoms with Gasteiger partial charge in [0.15, 0.2) is 0 Å². The minimum Gasteiger partial charge on any atom is -0.371 e. The first-order valence-corrected chi connectivity index (χ1v) is 6.75. The molecule has 96 valence electrons. The second-order valence-corrected chi connectivity index (χ2v) is 5.87. The molecule has 1 heterocycles. The van der Waals surface area contributed by atoms with Crippen LogP contribution in [0.2, 0.25) is 0 Å². The van der Waals surface area contributed by atoms with E-state index in [0.717, 1.165) is 24.3 Å². The van der Waals surface area contributed by atoms with Crippen LogP contribution in [0.5, 0.6) is 0 Å². The van der Waals surface area contributed by atoms with E-state index in [0.29, 0.717) is 11.0 Å². The number of anilines is 1. The number of primary amides is 1. The molecule has 1 spiro atoms. The van der Waals surface area contributed by atoms with E-state index in [4.69, 9.17) is 5.73 Å². The number of piperidine rings is 1. The molecule has 2 N–H and O–H groups in total. The Balaban J connectivity index is 1.85. The van der Waals surface area contributed by atoms with Gasteiger partial charge in [0.25, 0.3) is 5.91 Å². The molecule has 3 rings (SSSR count). The maximum absolute atomic E-state index is 11.6. The van der Waals surface area contributed by atoms with E-state index < -0.39 is 0 Å². The Morgan fingerprint density at radius 3 is 2.44 bits per heavy atom. The summed E-state index contributed by atoms with van der Waals surface area (Å²) in [5.74, 6) is -0.319. The van der Waals surface area contributed by atoms with Crippen molar-refractivity contribution in [2.24, 2.45) is 11.1 Å². The van der Waals surface area contributed by atoms with Crippen molar-refractivity contribution in [1.29, 1.82) is 0 Å². The van der Waals surface area contributed by atoms with Crippen LogP contribution in [0, 0.1) is 12.3 Å². The summed E-state index contributed by atoms with van der Waals surface area (Å²) in [5, 5.41) is 0. The lowest BCUT2D eigenvalue weighted by Crippen LogP contribution is -2.35. The Hall–Kier alpha value is -1.51. The normalized spacial score (nSPS) is 21.1. The number of hydrogen-bond donors (Lipinski definition) is 1. The Kier molecular flexibility index (Phi) is 2.58. The Labute approximate surface area is 108 Å². The molecule has 0 atom stereocenters. The molecule has 3 heteroatoms. The topological polar surface area (TPSA) is 46.3 Å². The number of carbonyl (C=O) groups excluding carboxylic acids is 1. The van der Waals surface area contributed by atoms with Gasteiger partial charge in [-0.25, -0.2) is 0 Å². The van der Waals surface area contributed by atoms with Crippen LogP contribution in [0.1, 0.15) is 41.6 Å². The van der Waals surface area contributed by atoms with Crippen molar-refractivity contribution < 1.29 is 4.79 Å². The molecule has 1 saturated heterocycles. The number of rotatable bonds is 2. The molecule has 1 saturated carbocycles. The Bertz CT molecular complexity index is 481. The van der Waals surface area contributed by atoms with Crippen LogP contribution in [0.3, 0.4) is 0 Å². The molecule has 2 aliphatic rings. The van der Waals surface area contributed by atoms with Crippen LogP contribution in [-0.4, -0.2) is 19.0 Å². The number of aryl methyl sites for hydroxylation is 1. The molecule has 0 bridgehead atoms. The molecular formula is C15H20N2O. The molecule has 0 radical (unpaired) electrons. The molecule has 1 aromatic carbocycles. The Morgan fingerprint density at radius 2 is 1.89 bits per heavy atom. The van der Waals surface area contributed by atoms with Gasteiger partial charge < -0.3 is 10.6 Å². The molecule has 0 aromatic heterocycles. The lowest BCUT2D eigenvalue weighted by molar-refractivity contribution is 0.100. The number of hydrogen-bond acceptors (Lipinski definition) is 2. The fourth-order valence-electron chi connectivity index (χ4n) is 3.02. The van der Waals surface area contributed by atoms with Crippen molar-refractivity contribution >= 4 is 11.6 Å². The van der Waals surface area contributed by atoms with Crippen molar-refractivity contribution in [1.82, 2.24) is 0 Å². The predicted octanol–water partition coefficient (Wildman–Crippen LogP) is 2.47. The van der Waals surface area contributed by atoms with Crippen LogP contribution in [0.15, 0.2) is 18.2 Å². The smallest absolute Gasteiger partial charge is 0.250 e. The molecular weight excluding hydrogens is 224 g/mol. The number of nitrogens with zero attached hydrogens (tertiary/aromatic N) is 1. The van der Waals surface area contributed by atoms with Gasteiger partial charge in [0.2, 0.25) is 0 Å². The second kappa shape index (κ2) is 4.01. The van der Waals surface area contributed by atoms with E-state index in [1.165, 1.54) is 25.7 Å². The summed E-state index contributed by atoms with van der Waals surface area (Å²) in [5.41, 5.74) is 8.92. The van der Waals surface area contributed by atoms with Gasteiger partial charge in [0, 0.05) is 18.8 Å². The highest BCUT2D eigenvalue weighted by Crippen LogP contribution is 2.54. The number of amides is 1. The zero-order valence-electron chi connectivity index (χ0n) is 10.9. The predicted molar refractivity (Wildman–Crippen MR) is 72.8 cm³/mol. The van der Waals surface area contributed by atoms with Crippen LogP contribution < -0.4 is 10.6 Å². The minimum absolute atomic E-state index is 0.319. The van der Waals surface area contributed by atoms with Crippen LogP contribution >= 0.6 is 0 Å². The SMILES string of the molecule is Cc1ccc(N2CCC3(CC2)CC3)c(C(N)=O)c1. The highest BCUT2D eigenvalue weighted by Gasteiger charge is 2.44. The van der Waals surface area contributed by atoms with Crippen LogP contribution in [-0.2, 0) is 0 Å². The lowest BCUT2D eigenvalue weighted by Gasteiger charge is -2.34. The summed E-state index contributed by atoms with van der Waals surface area (Å²) >= 11 is 0. The number of benzene rings is 1. The third-order valence-electron chi connectivity index (χ3n) is 4.54. The first-order valence-electron chi connectivity index (χ1n) is 6.75. The Morgan fingerprint density at radius 1 is 1.22 bits per heavy atom. The maximum atomic E-state index is 11.6. The number of nitrogens with two attached hydrogens (primary N) is 1.